The number of esters is 1. The van der Waals surface area contributed by atoms with Crippen molar-refractivity contribution in [2.45, 2.75) is 19.8 Å². The molecular weight excluding hydrogens is 316 g/mol. The molecule has 0 saturated heterocycles. The van der Waals surface area contributed by atoms with Crippen LogP contribution in [0.2, 0.25) is 0 Å². The van der Waals surface area contributed by atoms with Crippen molar-refractivity contribution in [3.63, 3.8) is 0 Å². The molecule has 0 bridgehead atoms. The molecule has 0 unspecified atom stereocenters. The highest BCUT2D eigenvalue weighted by atomic mass is 79.9. The summed E-state index contributed by atoms with van der Waals surface area (Å²) in [4.78, 5) is 22.4. The van der Waals surface area contributed by atoms with E-state index in [9.17, 15) is 9.59 Å². The highest BCUT2D eigenvalue weighted by Crippen LogP contribution is 2.29. The van der Waals surface area contributed by atoms with Crippen LogP contribution in [0.1, 0.15) is 30.1 Å². The van der Waals surface area contributed by atoms with Gasteiger partial charge < -0.3 is 14.6 Å². The molecule has 0 atom stereocenters. The van der Waals surface area contributed by atoms with Crippen molar-refractivity contribution < 1.29 is 24.2 Å². The molecule has 0 amide bonds. The number of hydrogen-bond acceptors (Lipinski definition) is 4. The summed E-state index contributed by atoms with van der Waals surface area (Å²) in [7, 11) is 0. The highest BCUT2D eigenvalue weighted by Gasteiger charge is 2.15. The number of carbonyl (C=O) groups excluding carboxylic acids is 1. The molecular formula is C13H15BrO5. The van der Waals surface area contributed by atoms with Gasteiger partial charge in [0.25, 0.3) is 0 Å². The molecule has 1 aromatic rings. The third kappa shape index (κ3) is 4.90. The molecule has 0 spiro atoms. The van der Waals surface area contributed by atoms with E-state index in [0.717, 1.165) is 12.8 Å². The zero-order chi connectivity index (χ0) is 14.3. The SMILES string of the molecule is CCCCOC(=O)COc1c(Br)cccc1C(=O)O. The first-order valence-corrected chi connectivity index (χ1v) is 6.65. The summed E-state index contributed by atoms with van der Waals surface area (Å²) in [5, 5.41) is 9.01. The molecule has 1 rings (SSSR count). The smallest absolute Gasteiger partial charge is 0.344 e. The van der Waals surface area contributed by atoms with Crippen LogP contribution in [0.15, 0.2) is 22.7 Å². The van der Waals surface area contributed by atoms with E-state index in [1.54, 1.807) is 12.1 Å². The summed E-state index contributed by atoms with van der Waals surface area (Å²) in [5.41, 5.74) is -0.00395. The van der Waals surface area contributed by atoms with E-state index in [1.807, 2.05) is 6.92 Å². The van der Waals surface area contributed by atoms with Crippen molar-refractivity contribution >= 4 is 27.9 Å². The van der Waals surface area contributed by atoms with Crippen molar-refractivity contribution in [1.29, 1.82) is 0 Å². The molecule has 0 radical (unpaired) electrons. The Hall–Kier alpha value is -1.56. The second-order valence-electron chi connectivity index (χ2n) is 3.78. The van der Waals surface area contributed by atoms with Gasteiger partial charge in [-0.1, -0.05) is 19.4 Å². The number of aromatic carboxylic acids is 1. The zero-order valence-corrected chi connectivity index (χ0v) is 12.1. The number of hydrogen-bond donors (Lipinski definition) is 1. The summed E-state index contributed by atoms with van der Waals surface area (Å²) < 4.78 is 10.6. The number of rotatable bonds is 7. The zero-order valence-electron chi connectivity index (χ0n) is 10.5. The molecule has 6 heteroatoms. The van der Waals surface area contributed by atoms with Gasteiger partial charge in [0.1, 0.15) is 11.3 Å². The lowest BCUT2D eigenvalue weighted by molar-refractivity contribution is -0.146. The summed E-state index contributed by atoms with van der Waals surface area (Å²) in [6, 6.07) is 4.63. The third-order valence-corrected chi connectivity index (χ3v) is 2.92. The lowest BCUT2D eigenvalue weighted by atomic mass is 10.2. The lowest BCUT2D eigenvalue weighted by Gasteiger charge is -2.10. The number of carboxylic acid groups (broad SMARTS) is 1. The van der Waals surface area contributed by atoms with Crippen molar-refractivity contribution in [2.75, 3.05) is 13.2 Å². The Labute approximate surface area is 119 Å². The predicted octanol–water partition coefficient (Wildman–Crippen LogP) is 2.87. The Morgan fingerprint density at radius 3 is 2.74 bits per heavy atom. The molecule has 104 valence electrons. The van der Waals surface area contributed by atoms with Gasteiger partial charge in [0.15, 0.2) is 6.61 Å². The molecule has 0 aromatic heterocycles. The first kappa shape index (κ1) is 15.5. The topological polar surface area (TPSA) is 72.8 Å². The second-order valence-corrected chi connectivity index (χ2v) is 4.64. The molecule has 0 aliphatic heterocycles. The predicted molar refractivity (Wildman–Crippen MR) is 72.5 cm³/mol. The van der Waals surface area contributed by atoms with E-state index in [2.05, 4.69) is 15.9 Å². The third-order valence-electron chi connectivity index (χ3n) is 2.29. The van der Waals surface area contributed by atoms with E-state index in [4.69, 9.17) is 14.6 Å². The first-order valence-electron chi connectivity index (χ1n) is 5.86. The Morgan fingerprint density at radius 1 is 1.37 bits per heavy atom. The average molecular weight is 331 g/mol. The van der Waals surface area contributed by atoms with Crippen LogP contribution in [-0.4, -0.2) is 30.3 Å². The summed E-state index contributed by atoms with van der Waals surface area (Å²) in [6.07, 6.45) is 1.72. The first-order chi connectivity index (χ1) is 9.06. The molecule has 1 aromatic carbocycles. The van der Waals surface area contributed by atoms with Crippen LogP contribution in [0.4, 0.5) is 0 Å². The maximum Gasteiger partial charge on any atom is 0.344 e. The van der Waals surface area contributed by atoms with Crippen molar-refractivity contribution in [2.24, 2.45) is 0 Å². The Bertz CT molecular complexity index is 458. The number of ether oxygens (including phenoxy) is 2. The van der Waals surface area contributed by atoms with Crippen LogP contribution in [0.3, 0.4) is 0 Å². The van der Waals surface area contributed by atoms with E-state index in [-0.39, 0.29) is 17.9 Å². The summed E-state index contributed by atoms with van der Waals surface area (Å²) in [5.74, 6) is -1.50. The maximum absolute atomic E-state index is 11.4. The fourth-order valence-corrected chi connectivity index (χ4v) is 1.81. The van der Waals surface area contributed by atoms with E-state index in [0.29, 0.717) is 11.1 Å². The number of benzene rings is 1. The monoisotopic (exact) mass is 330 g/mol. The number of halogens is 1. The molecule has 1 N–H and O–H groups in total. The quantitative estimate of drug-likeness (QED) is 0.614. The maximum atomic E-state index is 11.4. The molecule has 0 aliphatic rings. The fraction of sp³-hybridized carbons (Fsp3) is 0.385. The molecule has 19 heavy (non-hydrogen) atoms. The van der Waals surface area contributed by atoms with Crippen LogP contribution < -0.4 is 4.74 Å². The lowest BCUT2D eigenvalue weighted by Crippen LogP contribution is -2.16. The van der Waals surface area contributed by atoms with Crippen LogP contribution in [0.5, 0.6) is 5.75 Å². The van der Waals surface area contributed by atoms with Crippen molar-refractivity contribution in [1.82, 2.24) is 0 Å². The second kappa shape index (κ2) is 7.78. The standard InChI is InChI=1S/C13H15BrO5/c1-2-3-7-18-11(15)8-19-12-9(13(16)17)5-4-6-10(12)14/h4-6H,2-3,7-8H2,1H3,(H,16,17). The van der Waals surface area contributed by atoms with Crippen LogP contribution >= 0.6 is 15.9 Å². The summed E-state index contributed by atoms with van der Waals surface area (Å²) >= 11 is 3.19. The van der Waals surface area contributed by atoms with Crippen LogP contribution in [0, 0.1) is 0 Å². The fourth-order valence-electron chi connectivity index (χ4n) is 1.33. The number of carbonyl (C=O) groups is 2. The molecule has 0 saturated carbocycles. The van der Waals surface area contributed by atoms with Gasteiger partial charge in [0.2, 0.25) is 0 Å². The van der Waals surface area contributed by atoms with Gasteiger partial charge in [0.05, 0.1) is 11.1 Å². The largest absolute Gasteiger partial charge is 0.480 e. The van der Waals surface area contributed by atoms with Gasteiger partial charge in [-0.15, -0.1) is 0 Å². The van der Waals surface area contributed by atoms with Gasteiger partial charge in [-0.25, -0.2) is 9.59 Å². The van der Waals surface area contributed by atoms with Crippen molar-refractivity contribution in [3.05, 3.63) is 28.2 Å². The summed E-state index contributed by atoms with van der Waals surface area (Å²) in [6.45, 7) is 2.03. The highest BCUT2D eigenvalue weighted by molar-refractivity contribution is 9.10. The van der Waals surface area contributed by atoms with E-state index >= 15 is 0 Å². The molecule has 0 fully saturated rings. The normalized spacial score (nSPS) is 10.0. The minimum atomic E-state index is -1.12. The Kier molecular flexibility index (Phi) is 6.35. The molecule has 0 aliphatic carbocycles. The Balaban J connectivity index is 2.62. The van der Waals surface area contributed by atoms with Gasteiger partial charge in [-0.3, -0.25) is 0 Å². The number of carboxylic acids is 1. The van der Waals surface area contributed by atoms with E-state index < -0.39 is 11.9 Å². The Morgan fingerprint density at radius 2 is 2.11 bits per heavy atom. The number of unbranched alkanes of at least 4 members (excludes halogenated alkanes) is 1. The van der Waals surface area contributed by atoms with Gasteiger partial charge in [-0.05, 0) is 34.5 Å². The van der Waals surface area contributed by atoms with Gasteiger partial charge >= 0.3 is 11.9 Å². The van der Waals surface area contributed by atoms with Crippen molar-refractivity contribution in [3.8, 4) is 5.75 Å². The van der Waals surface area contributed by atoms with Gasteiger partial charge in [0, 0.05) is 0 Å². The van der Waals surface area contributed by atoms with Gasteiger partial charge in [-0.2, -0.15) is 0 Å². The number of para-hydroxylation sites is 1. The molecule has 5 nitrogen and oxygen atoms in total. The average Bonchev–Trinajstić information content (AvgIpc) is 2.37. The van der Waals surface area contributed by atoms with Crippen LogP contribution in [-0.2, 0) is 9.53 Å². The molecule has 0 heterocycles. The van der Waals surface area contributed by atoms with E-state index in [1.165, 1.54) is 6.07 Å². The van der Waals surface area contributed by atoms with Crippen LogP contribution in [0.25, 0.3) is 0 Å². The minimum Gasteiger partial charge on any atom is -0.480 e. The minimum absolute atomic E-state index is 0.00395.